The molecule has 20 heavy (non-hydrogen) atoms. The van der Waals surface area contributed by atoms with Gasteiger partial charge in [0.05, 0.1) is 0 Å². The van der Waals surface area contributed by atoms with E-state index in [1.807, 2.05) is 23.1 Å². The molecule has 0 radical (unpaired) electrons. The van der Waals surface area contributed by atoms with Crippen molar-refractivity contribution in [3.63, 3.8) is 0 Å². The summed E-state index contributed by atoms with van der Waals surface area (Å²) in [5.41, 5.74) is 2.29. The molecule has 0 bridgehead atoms. The minimum atomic E-state index is 0.0994. The molecule has 0 unspecified atom stereocenters. The fraction of sp³-hybridized carbons (Fsp3) is 0.533. The van der Waals surface area contributed by atoms with Gasteiger partial charge in [-0.15, -0.1) is 0 Å². The lowest BCUT2D eigenvalue weighted by Gasteiger charge is -2.34. The molecule has 0 atom stereocenters. The average Bonchev–Trinajstić information content (AvgIpc) is 2.43. The number of urea groups is 1. The minimum Gasteiger partial charge on any atom is -0.382 e. The molecule has 1 saturated heterocycles. The Morgan fingerprint density at radius 2 is 2.00 bits per heavy atom. The molecule has 1 fully saturated rings. The summed E-state index contributed by atoms with van der Waals surface area (Å²) in [4.78, 5) is 15.4. The second kappa shape index (κ2) is 6.35. The molecule has 2 amide bonds. The molecule has 0 saturated carbocycles. The van der Waals surface area contributed by atoms with Crippen LogP contribution in [-0.2, 0) is 0 Å². The van der Waals surface area contributed by atoms with Crippen molar-refractivity contribution in [3.8, 4) is 0 Å². The van der Waals surface area contributed by atoms with Gasteiger partial charge in [0.2, 0.25) is 0 Å². The fourth-order valence-electron chi connectivity index (χ4n) is 2.47. The summed E-state index contributed by atoms with van der Waals surface area (Å²) in [5, 5.41) is 4.29. The minimum absolute atomic E-state index is 0.0994. The van der Waals surface area contributed by atoms with E-state index < -0.39 is 0 Å². The van der Waals surface area contributed by atoms with Gasteiger partial charge in [-0.3, -0.25) is 0 Å². The van der Waals surface area contributed by atoms with Crippen molar-refractivity contribution in [2.75, 3.05) is 32.5 Å². The molecule has 1 N–H and O–H groups in total. The van der Waals surface area contributed by atoms with Gasteiger partial charge in [-0.2, -0.15) is 0 Å². The van der Waals surface area contributed by atoms with Crippen molar-refractivity contribution < 1.29 is 4.79 Å². The number of hydrogen-bond donors (Lipinski definition) is 1. The number of carbonyl (C=O) groups excluding carboxylic acids is 1. The zero-order chi connectivity index (χ0) is 14.7. The lowest BCUT2D eigenvalue weighted by Crippen LogP contribution is -2.46. The smallest absolute Gasteiger partial charge is 0.319 e. The zero-order valence-electron chi connectivity index (χ0n) is 12.3. The van der Waals surface area contributed by atoms with Gasteiger partial charge >= 0.3 is 6.03 Å². The third-order valence-electron chi connectivity index (χ3n) is 3.71. The first-order valence-corrected chi connectivity index (χ1v) is 7.34. The Morgan fingerprint density at radius 1 is 1.35 bits per heavy atom. The van der Waals surface area contributed by atoms with E-state index in [1.54, 1.807) is 19.0 Å². The highest BCUT2D eigenvalue weighted by Crippen LogP contribution is 2.23. The van der Waals surface area contributed by atoms with Crippen molar-refractivity contribution in [1.29, 1.82) is 0 Å². The van der Waals surface area contributed by atoms with Crippen LogP contribution in [0.25, 0.3) is 0 Å². The van der Waals surface area contributed by atoms with Crippen molar-refractivity contribution in [2.24, 2.45) is 0 Å². The lowest BCUT2D eigenvalue weighted by molar-refractivity contribution is 0.158. The molecule has 1 aliphatic rings. The predicted octanol–water partition coefficient (Wildman–Crippen LogP) is 3.21. The molecule has 1 heterocycles. The summed E-state index contributed by atoms with van der Waals surface area (Å²) in [6.45, 7) is 3.67. The molecule has 1 aromatic carbocycles. The van der Waals surface area contributed by atoms with Crippen LogP contribution in [0.15, 0.2) is 18.2 Å². The number of rotatable bonds is 2. The van der Waals surface area contributed by atoms with Crippen molar-refractivity contribution >= 4 is 23.3 Å². The summed E-state index contributed by atoms with van der Waals surface area (Å²) in [5.74, 6) is 0. The Hall–Kier alpha value is -1.42. The number of likely N-dealkylation sites (tertiary alicyclic amines) is 1. The number of aryl methyl sites for hydroxylation is 1. The molecule has 5 heteroatoms. The molecule has 1 aliphatic heterocycles. The molecule has 0 aliphatic carbocycles. The van der Waals surface area contributed by atoms with Crippen LogP contribution in [-0.4, -0.2) is 49.1 Å². The third kappa shape index (κ3) is 3.57. The van der Waals surface area contributed by atoms with E-state index in [9.17, 15) is 4.79 Å². The number of amides is 2. The summed E-state index contributed by atoms with van der Waals surface area (Å²) in [6.07, 6.45) is 1.93. The quantitative estimate of drug-likeness (QED) is 0.909. The standard InChI is InChI=1S/C15H22ClN3O/c1-11-4-5-12(16)10-14(11)17-13-6-8-19(9-7-13)15(20)18(2)3/h4-5,10,13,17H,6-9H2,1-3H3. The number of carbonyl (C=O) groups is 1. The lowest BCUT2D eigenvalue weighted by atomic mass is 10.0. The average molecular weight is 296 g/mol. The van der Waals surface area contributed by atoms with Gasteiger partial charge in [0, 0.05) is 43.9 Å². The van der Waals surface area contributed by atoms with Crippen LogP contribution < -0.4 is 5.32 Å². The number of anilines is 1. The Labute approximate surface area is 125 Å². The van der Waals surface area contributed by atoms with E-state index in [4.69, 9.17) is 11.6 Å². The van der Waals surface area contributed by atoms with Crippen molar-refractivity contribution in [1.82, 2.24) is 9.80 Å². The Morgan fingerprint density at radius 3 is 2.60 bits per heavy atom. The van der Waals surface area contributed by atoms with Crippen molar-refractivity contribution in [2.45, 2.75) is 25.8 Å². The second-order valence-corrected chi connectivity index (χ2v) is 5.98. The normalized spacial score (nSPS) is 16.1. The number of nitrogens with zero attached hydrogens (tertiary/aromatic N) is 2. The topological polar surface area (TPSA) is 35.6 Å². The van der Waals surface area contributed by atoms with Gasteiger partial charge < -0.3 is 15.1 Å². The highest BCUT2D eigenvalue weighted by Gasteiger charge is 2.23. The number of halogens is 1. The van der Waals surface area contributed by atoms with Crippen molar-refractivity contribution in [3.05, 3.63) is 28.8 Å². The summed E-state index contributed by atoms with van der Waals surface area (Å²) in [6, 6.07) is 6.39. The van der Waals surface area contributed by atoms with Gasteiger partial charge in [-0.1, -0.05) is 17.7 Å². The first-order chi connectivity index (χ1) is 9.47. The SMILES string of the molecule is Cc1ccc(Cl)cc1NC1CCN(C(=O)N(C)C)CC1. The highest BCUT2D eigenvalue weighted by molar-refractivity contribution is 6.30. The van der Waals surface area contributed by atoms with Crippen LogP contribution in [0.2, 0.25) is 5.02 Å². The Balaban J connectivity index is 1.91. The zero-order valence-corrected chi connectivity index (χ0v) is 13.1. The molecular formula is C15H22ClN3O. The molecular weight excluding hydrogens is 274 g/mol. The highest BCUT2D eigenvalue weighted by atomic mass is 35.5. The molecule has 0 spiro atoms. The fourth-order valence-corrected chi connectivity index (χ4v) is 2.64. The molecule has 110 valence electrons. The number of hydrogen-bond acceptors (Lipinski definition) is 2. The summed E-state index contributed by atoms with van der Waals surface area (Å²) in [7, 11) is 3.59. The van der Waals surface area contributed by atoms with Gasteiger partial charge in [0.1, 0.15) is 0 Å². The summed E-state index contributed by atoms with van der Waals surface area (Å²) >= 11 is 6.04. The molecule has 2 rings (SSSR count). The van der Waals surface area contributed by atoms with Gasteiger partial charge in [-0.25, -0.2) is 4.79 Å². The van der Waals surface area contributed by atoms with E-state index in [-0.39, 0.29) is 6.03 Å². The first kappa shape index (κ1) is 15.0. The summed E-state index contributed by atoms with van der Waals surface area (Å²) < 4.78 is 0. The van der Waals surface area contributed by atoms with Gasteiger partial charge in [-0.05, 0) is 37.5 Å². The van der Waals surface area contributed by atoms with Crippen LogP contribution in [0.1, 0.15) is 18.4 Å². The third-order valence-corrected chi connectivity index (χ3v) is 3.94. The van der Waals surface area contributed by atoms with E-state index in [0.717, 1.165) is 36.6 Å². The maximum Gasteiger partial charge on any atom is 0.319 e. The maximum absolute atomic E-state index is 11.9. The van der Waals surface area contributed by atoms with Gasteiger partial charge in [0.25, 0.3) is 0 Å². The van der Waals surface area contributed by atoms with Gasteiger partial charge in [0.15, 0.2) is 0 Å². The number of nitrogens with one attached hydrogen (secondary N) is 1. The second-order valence-electron chi connectivity index (χ2n) is 5.54. The van der Waals surface area contributed by atoms with Crippen LogP contribution in [0.4, 0.5) is 10.5 Å². The molecule has 0 aromatic heterocycles. The van der Waals surface area contributed by atoms with E-state index in [0.29, 0.717) is 6.04 Å². The maximum atomic E-state index is 11.9. The number of piperidine rings is 1. The van der Waals surface area contributed by atoms with Crippen LogP contribution >= 0.6 is 11.6 Å². The monoisotopic (exact) mass is 295 g/mol. The van der Waals surface area contributed by atoms with Crippen LogP contribution in [0, 0.1) is 6.92 Å². The van der Waals surface area contributed by atoms with E-state index in [2.05, 4.69) is 12.2 Å². The first-order valence-electron chi connectivity index (χ1n) is 6.96. The molecule has 1 aromatic rings. The van der Waals surface area contributed by atoms with E-state index >= 15 is 0 Å². The van der Waals surface area contributed by atoms with E-state index in [1.165, 1.54) is 5.56 Å². The van der Waals surface area contributed by atoms with Crippen LogP contribution in [0.3, 0.4) is 0 Å². The molecule has 4 nitrogen and oxygen atoms in total. The number of benzene rings is 1. The Bertz CT molecular complexity index is 482. The van der Waals surface area contributed by atoms with Crippen LogP contribution in [0.5, 0.6) is 0 Å². The predicted molar refractivity (Wildman–Crippen MR) is 83.5 cm³/mol. The largest absolute Gasteiger partial charge is 0.382 e. The Kier molecular flexibility index (Phi) is 4.76.